The number of anilines is 1. The third-order valence-electron chi connectivity index (χ3n) is 12.7. The molecule has 71 heavy (non-hydrogen) atoms. The summed E-state index contributed by atoms with van der Waals surface area (Å²) in [6.45, 7) is 7.03. The van der Waals surface area contributed by atoms with Gasteiger partial charge in [0.15, 0.2) is 5.60 Å². The maximum absolute atomic E-state index is 13.8. The predicted molar refractivity (Wildman–Crippen MR) is 260 cm³/mol. The molecule has 4 heterocycles. The van der Waals surface area contributed by atoms with Crippen LogP contribution in [0.3, 0.4) is 0 Å². The maximum Gasteiger partial charge on any atom is 0.514 e. The maximum atomic E-state index is 13.8. The van der Waals surface area contributed by atoms with Crippen LogP contribution in [0.4, 0.5) is 15.3 Å². The van der Waals surface area contributed by atoms with E-state index in [1.54, 1.807) is 98.1 Å². The molecule has 19 heteroatoms. The van der Waals surface area contributed by atoms with E-state index in [9.17, 15) is 43.5 Å². The number of pyridine rings is 2. The second-order valence-electron chi connectivity index (χ2n) is 17.8. The summed E-state index contributed by atoms with van der Waals surface area (Å²) in [7, 11) is 0. The lowest BCUT2D eigenvalue weighted by atomic mass is 9.86. The van der Waals surface area contributed by atoms with Gasteiger partial charge in [-0.05, 0) is 78.8 Å². The van der Waals surface area contributed by atoms with Crippen LogP contribution in [0.25, 0.3) is 22.3 Å². The van der Waals surface area contributed by atoms with E-state index in [4.69, 9.17) is 24.9 Å². The van der Waals surface area contributed by atoms with Crippen LogP contribution in [0.15, 0.2) is 83.7 Å². The van der Waals surface area contributed by atoms with Crippen LogP contribution in [-0.2, 0) is 71.6 Å². The van der Waals surface area contributed by atoms with Crippen molar-refractivity contribution >= 4 is 58.3 Å². The minimum Gasteiger partial charge on any atom is -0.458 e. The fourth-order valence-electron chi connectivity index (χ4n) is 8.70. The zero-order valence-electron chi connectivity index (χ0n) is 39.9. The Hall–Kier alpha value is -7.93. The van der Waals surface area contributed by atoms with Gasteiger partial charge >= 0.3 is 18.2 Å². The summed E-state index contributed by atoms with van der Waals surface area (Å²) in [5.74, 6) is -2.62. The van der Waals surface area contributed by atoms with Crippen molar-refractivity contribution in [1.29, 1.82) is 0 Å². The summed E-state index contributed by atoms with van der Waals surface area (Å²) in [5, 5.41) is 22.7. The number of carbonyl (C=O) groups is 7. The first-order valence-electron chi connectivity index (χ1n) is 23.6. The van der Waals surface area contributed by atoms with Gasteiger partial charge in [0.1, 0.15) is 36.8 Å². The second kappa shape index (κ2) is 22.2. The molecule has 0 unspecified atom stereocenters. The van der Waals surface area contributed by atoms with Gasteiger partial charge < -0.3 is 50.9 Å². The van der Waals surface area contributed by atoms with E-state index in [1.165, 1.54) is 0 Å². The highest BCUT2D eigenvalue weighted by atomic mass is 16.7. The Labute approximate surface area is 408 Å². The Morgan fingerprint density at radius 1 is 0.887 bits per heavy atom. The number of aliphatic hydroxyl groups is 1. The predicted octanol–water partition coefficient (Wildman–Crippen LogP) is 4.96. The molecule has 5 aromatic rings. The van der Waals surface area contributed by atoms with E-state index < -0.39 is 53.6 Å². The Bertz CT molecular complexity index is 2940. The number of hydrogen-bond acceptors (Lipinski definition) is 13. The minimum absolute atomic E-state index is 0.0179. The number of benzene rings is 3. The van der Waals surface area contributed by atoms with E-state index in [0.29, 0.717) is 40.0 Å². The molecule has 2 aliphatic rings. The molecule has 0 fully saturated rings. The number of nitrogens with two attached hydrogens (primary N) is 1. The zero-order valence-corrected chi connectivity index (χ0v) is 39.9. The molecule has 7 rings (SSSR count). The molecule has 3 aromatic carbocycles. The van der Waals surface area contributed by atoms with Crippen LogP contribution >= 0.6 is 0 Å². The van der Waals surface area contributed by atoms with Crippen molar-refractivity contribution in [2.75, 3.05) is 11.9 Å². The third kappa shape index (κ3) is 11.7. The number of ketones is 1. The normalized spacial score (nSPS) is 15.3. The molecule has 7 N–H and O–H groups in total. The van der Waals surface area contributed by atoms with Crippen LogP contribution in [-0.4, -0.2) is 74.9 Å². The second-order valence-corrected chi connectivity index (χ2v) is 17.8. The quantitative estimate of drug-likeness (QED) is 0.0336. The zero-order chi connectivity index (χ0) is 51.0. The fraction of sp³-hybridized carbons (Fsp3) is 0.365. The van der Waals surface area contributed by atoms with Gasteiger partial charge in [-0.25, -0.2) is 19.4 Å². The molecule has 0 saturated heterocycles. The molecular formula is C52H57N7O12. The summed E-state index contributed by atoms with van der Waals surface area (Å²) in [6, 6.07) is 19.1. The van der Waals surface area contributed by atoms with Gasteiger partial charge in [0.2, 0.25) is 17.7 Å². The number of amides is 5. The number of fused-ring (bicyclic) bond motifs is 5. The minimum atomic E-state index is -1.95. The summed E-state index contributed by atoms with van der Waals surface area (Å²) in [5.41, 5.74) is 8.34. The molecule has 0 radical (unpaired) electrons. The lowest BCUT2D eigenvalue weighted by molar-refractivity contribution is -0.172. The SMILES string of the molecule is CCc1c2c(nc3ccc(OC(=O)OCc4ccc(NC(=O)[C@H](CCCNC(N)=O)NC(=O)[C@H](Cc5ccccc5)NC(=O)CCC(=O)C(C)C)cc4)cc13)-c1cc3c(c(=O)n1C2)COC(=O)[C@]3(O)CC. The number of ether oxygens (including phenoxy) is 3. The van der Waals surface area contributed by atoms with Crippen molar-refractivity contribution in [3.63, 3.8) is 0 Å². The summed E-state index contributed by atoms with van der Waals surface area (Å²) >= 11 is 0. The van der Waals surface area contributed by atoms with Crippen molar-refractivity contribution in [2.24, 2.45) is 11.7 Å². The first-order valence-corrected chi connectivity index (χ1v) is 23.6. The number of primary amides is 1. The van der Waals surface area contributed by atoms with Gasteiger partial charge in [-0.3, -0.25) is 24.0 Å². The van der Waals surface area contributed by atoms with Crippen molar-refractivity contribution < 1.29 is 52.9 Å². The van der Waals surface area contributed by atoms with Crippen LogP contribution in [0.2, 0.25) is 0 Å². The summed E-state index contributed by atoms with van der Waals surface area (Å²) in [4.78, 5) is 108. The average molecular weight is 972 g/mol. The van der Waals surface area contributed by atoms with E-state index in [-0.39, 0.29) is 99.0 Å². The number of cyclic esters (lactones) is 1. The standard InChI is InChI=1S/C52H57N7O12/c1-5-34-35-24-33(18-19-39(35)57-45-36(34)26-59-42(45)25-38-37(48(59)64)28-69-49(65)52(38,68)6-2)71-51(67)70-27-31-14-16-32(17-15-31)55-46(62)40(13-10-22-54-50(53)66)58-47(63)41(23-30-11-8-7-9-12-30)56-44(61)21-20-43(60)29(3)4/h7-9,11-12,14-19,24-25,29,40-41,68H,5-6,10,13,20-23,26-28H2,1-4H3,(H,55,62)(H,56,61)(H,58,63)(H3,53,54,66)/t40-,41-,52-/m0/s1. The van der Waals surface area contributed by atoms with E-state index >= 15 is 0 Å². The van der Waals surface area contributed by atoms with Crippen molar-refractivity contribution in [1.82, 2.24) is 25.5 Å². The summed E-state index contributed by atoms with van der Waals surface area (Å²) < 4.78 is 17.8. The number of nitrogens with zero attached hydrogens (tertiary/aromatic N) is 2. The van der Waals surface area contributed by atoms with Gasteiger partial charge in [-0.2, -0.15) is 0 Å². The monoisotopic (exact) mass is 971 g/mol. The van der Waals surface area contributed by atoms with Crippen molar-refractivity contribution in [2.45, 2.75) is 110 Å². The average Bonchev–Trinajstić information content (AvgIpc) is 3.72. The van der Waals surface area contributed by atoms with Crippen LogP contribution in [0, 0.1) is 5.92 Å². The molecule has 2 aliphatic heterocycles. The highest BCUT2D eigenvalue weighted by Gasteiger charge is 2.45. The third-order valence-corrected chi connectivity index (χ3v) is 12.7. The highest BCUT2D eigenvalue weighted by Crippen LogP contribution is 2.41. The van der Waals surface area contributed by atoms with Gasteiger partial charge in [-0.15, -0.1) is 0 Å². The Morgan fingerprint density at radius 3 is 2.32 bits per heavy atom. The van der Waals surface area contributed by atoms with Crippen molar-refractivity contribution in [3.05, 3.63) is 123 Å². The van der Waals surface area contributed by atoms with E-state index in [1.807, 2.05) is 13.0 Å². The lowest BCUT2D eigenvalue weighted by Gasteiger charge is -2.31. The van der Waals surface area contributed by atoms with E-state index in [0.717, 1.165) is 16.7 Å². The molecule has 372 valence electrons. The Kier molecular flexibility index (Phi) is 15.9. The number of hydrogen-bond donors (Lipinski definition) is 6. The van der Waals surface area contributed by atoms with Gasteiger partial charge in [-0.1, -0.05) is 70.2 Å². The van der Waals surface area contributed by atoms with Crippen LogP contribution in [0.1, 0.15) is 93.2 Å². The van der Waals surface area contributed by atoms with Gasteiger partial charge in [0.25, 0.3) is 5.56 Å². The number of urea groups is 1. The van der Waals surface area contributed by atoms with Crippen LogP contribution in [0.5, 0.6) is 5.75 Å². The smallest absolute Gasteiger partial charge is 0.458 e. The van der Waals surface area contributed by atoms with E-state index in [2.05, 4.69) is 21.3 Å². The number of nitrogens with one attached hydrogen (secondary N) is 4. The number of carbonyl (C=O) groups excluding carboxylic acids is 7. The molecule has 2 aromatic heterocycles. The van der Waals surface area contributed by atoms with Crippen LogP contribution < -0.4 is 37.3 Å². The van der Waals surface area contributed by atoms with Crippen molar-refractivity contribution in [3.8, 4) is 17.1 Å². The Morgan fingerprint density at radius 2 is 1.63 bits per heavy atom. The molecule has 0 bridgehead atoms. The number of esters is 1. The number of rotatable bonds is 20. The number of Topliss-reactive ketones (excluding diaryl/α,β-unsaturated/α-hetero) is 1. The highest BCUT2D eigenvalue weighted by molar-refractivity contribution is 5.99. The Balaban J connectivity index is 0.986. The molecular weight excluding hydrogens is 915 g/mol. The molecule has 0 saturated carbocycles. The number of aromatic nitrogens is 2. The molecule has 0 aliphatic carbocycles. The summed E-state index contributed by atoms with van der Waals surface area (Å²) in [6.07, 6.45) is -0.00856. The first kappa shape index (κ1) is 50.9. The first-order chi connectivity index (χ1) is 34.0. The lowest BCUT2D eigenvalue weighted by Crippen LogP contribution is -2.53. The molecule has 5 amide bonds. The molecule has 0 spiro atoms. The van der Waals surface area contributed by atoms with Gasteiger partial charge in [0, 0.05) is 53.9 Å². The fourth-order valence-corrected chi connectivity index (χ4v) is 8.70. The largest absolute Gasteiger partial charge is 0.514 e. The topological polar surface area (TPSA) is 276 Å². The molecule has 19 nitrogen and oxygen atoms in total. The molecule has 3 atom stereocenters. The van der Waals surface area contributed by atoms with Gasteiger partial charge in [0.05, 0.1) is 29.0 Å². The number of aryl methyl sites for hydroxylation is 1.